The fourth-order valence-corrected chi connectivity index (χ4v) is 10.8. The second-order valence-corrected chi connectivity index (χ2v) is 23.9. The number of unbranched alkanes of at least 4 members (excludes halogenated alkanes) is 30. The number of ether oxygens (including phenoxy) is 4. The molecule has 14 heteroatoms. The molecule has 0 aromatic heterocycles. The van der Waals surface area contributed by atoms with Gasteiger partial charge in [-0.25, -0.2) is 0 Å². The van der Waals surface area contributed by atoms with Crippen LogP contribution in [0.1, 0.15) is 264 Å². The first kappa shape index (κ1) is 78.3. The number of aliphatic hydroxyl groups excluding tert-OH is 8. The Morgan fingerprint density at radius 1 is 0.435 bits per heavy atom. The van der Waals surface area contributed by atoms with E-state index >= 15 is 0 Å². The summed E-state index contributed by atoms with van der Waals surface area (Å²) in [5, 5.41) is 87.1. The Morgan fingerprint density at radius 3 is 1.29 bits per heavy atom. The topological polar surface area (TPSA) is 228 Å². The van der Waals surface area contributed by atoms with E-state index in [0.29, 0.717) is 12.8 Å². The highest BCUT2D eigenvalue weighted by Crippen LogP contribution is 2.30. The Hall–Kier alpha value is -2.83. The van der Waals surface area contributed by atoms with Crippen molar-refractivity contribution in [1.29, 1.82) is 0 Å². The summed E-state index contributed by atoms with van der Waals surface area (Å²) in [4.78, 5) is 13.3. The largest absolute Gasteiger partial charge is 0.394 e. The van der Waals surface area contributed by atoms with Gasteiger partial charge >= 0.3 is 0 Å². The van der Waals surface area contributed by atoms with Gasteiger partial charge in [-0.15, -0.1) is 0 Å². The zero-order chi connectivity index (χ0) is 61.6. The van der Waals surface area contributed by atoms with Gasteiger partial charge in [-0.2, -0.15) is 0 Å². The van der Waals surface area contributed by atoms with Crippen LogP contribution in [0.3, 0.4) is 0 Å². The molecule has 12 unspecified atom stereocenters. The van der Waals surface area contributed by atoms with Crippen LogP contribution in [-0.4, -0.2) is 140 Å². The average Bonchev–Trinajstić information content (AvgIpc) is 3.60. The maximum absolute atomic E-state index is 13.3. The molecule has 0 bridgehead atoms. The van der Waals surface area contributed by atoms with E-state index in [1.54, 1.807) is 6.08 Å². The molecule has 1 amide bonds. The number of allylic oxidation sites excluding steroid dienone is 13. The Morgan fingerprint density at radius 2 is 0.824 bits per heavy atom. The van der Waals surface area contributed by atoms with Gasteiger partial charge in [-0.3, -0.25) is 4.79 Å². The highest BCUT2D eigenvalue weighted by atomic mass is 16.7. The monoisotopic (exact) mass is 1200 g/mol. The van der Waals surface area contributed by atoms with Gasteiger partial charge in [0.25, 0.3) is 0 Å². The van der Waals surface area contributed by atoms with Crippen molar-refractivity contribution in [2.45, 2.75) is 338 Å². The Labute approximate surface area is 516 Å². The van der Waals surface area contributed by atoms with E-state index in [2.05, 4.69) is 92.1 Å². The summed E-state index contributed by atoms with van der Waals surface area (Å²) in [6, 6.07) is -0.938. The van der Waals surface area contributed by atoms with Crippen LogP contribution in [-0.2, 0) is 23.7 Å². The predicted molar refractivity (Wildman–Crippen MR) is 346 cm³/mol. The normalized spacial score (nSPS) is 24.1. The minimum Gasteiger partial charge on any atom is -0.394 e. The fourth-order valence-electron chi connectivity index (χ4n) is 10.8. The molecule has 2 fully saturated rings. The van der Waals surface area contributed by atoms with Crippen LogP contribution in [0.25, 0.3) is 0 Å². The fraction of sp³-hybridized carbons (Fsp3) is 0.789. The van der Waals surface area contributed by atoms with Crippen LogP contribution in [0.4, 0.5) is 0 Å². The first-order valence-electron chi connectivity index (χ1n) is 34.3. The van der Waals surface area contributed by atoms with Crippen LogP contribution in [0.15, 0.2) is 85.1 Å². The third-order valence-corrected chi connectivity index (χ3v) is 16.3. The molecular weight excluding hydrogens is 1070 g/mol. The maximum atomic E-state index is 13.3. The summed E-state index contributed by atoms with van der Waals surface area (Å²) in [5.74, 6) is -0.253. The molecule has 9 N–H and O–H groups in total. The van der Waals surface area contributed by atoms with Crippen molar-refractivity contribution in [3.8, 4) is 0 Å². The molecular formula is C71H125NO13. The number of carbonyl (C=O) groups excluding carboxylic acids is 1. The van der Waals surface area contributed by atoms with Gasteiger partial charge in [0.2, 0.25) is 5.91 Å². The number of hydrogen-bond donors (Lipinski definition) is 9. The number of amides is 1. The van der Waals surface area contributed by atoms with Gasteiger partial charge < -0.3 is 65.1 Å². The SMILES string of the molecule is CC/C=C\C/C=C\C/C=C\C/C=C\CCCCCCCCCCCCCCCCCCCCCCCCCCCCC(=O)NC(COC1OC(CO)C(OC2OC(CO)C(O)C(O)C2O)C(O)C1O)C(O)/C=C/CC/C=C/CC/C=C/CCCC. The molecule has 0 saturated carbocycles. The predicted octanol–water partition coefficient (Wildman–Crippen LogP) is 13.6. The lowest BCUT2D eigenvalue weighted by atomic mass is 9.97. The molecule has 2 rings (SSSR count). The molecule has 0 spiro atoms. The van der Waals surface area contributed by atoms with E-state index in [1.807, 2.05) is 6.08 Å². The van der Waals surface area contributed by atoms with Crippen molar-refractivity contribution >= 4 is 5.91 Å². The smallest absolute Gasteiger partial charge is 0.220 e. The number of nitrogens with one attached hydrogen (secondary N) is 1. The number of aliphatic hydroxyl groups is 8. The van der Waals surface area contributed by atoms with E-state index in [1.165, 1.54) is 161 Å². The highest BCUT2D eigenvalue weighted by Gasteiger charge is 2.51. The van der Waals surface area contributed by atoms with Gasteiger partial charge in [0, 0.05) is 6.42 Å². The molecule has 85 heavy (non-hydrogen) atoms. The van der Waals surface area contributed by atoms with Gasteiger partial charge in [0.05, 0.1) is 32.0 Å². The zero-order valence-electron chi connectivity index (χ0n) is 53.3. The average molecular weight is 1200 g/mol. The minimum atomic E-state index is -1.79. The molecule has 12 atom stereocenters. The van der Waals surface area contributed by atoms with E-state index < -0.39 is 86.8 Å². The zero-order valence-corrected chi connectivity index (χ0v) is 53.3. The van der Waals surface area contributed by atoms with Crippen molar-refractivity contribution in [1.82, 2.24) is 5.32 Å². The van der Waals surface area contributed by atoms with E-state index in [-0.39, 0.29) is 18.9 Å². The van der Waals surface area contributed by atoms with Gasteiger partial charge in [-0.05, 0) is 77.0 Å². The first-order chi connectivity index (χ1) is 41.6. The summed E-state index contributed by atoms with van der Waals surface area (Å²) < 4.78 is 22.7. The Kier molecular flexibility index (Phi) is 50.9. The van der Waals surface area contributed by atoms with Crippen molar-refractivity contribution in [3.05, 3.63) is 85.1 Å². The van der Waals surface area contributed by atoms with Crippen molar-refractivity contribution in [2.24, 2.45) is 0 Å². The van der Waals surface area contributed by atoms with Crippen LogP contribution < -0.4 is 5.32 Å². The lowest BCUT2D eigenvalue weighted by Crippen LogP contribution is -2.65. The molecule has 14 nitrogen and oxygen atoms in total. The standard InChI is InChI=1S/C71H125NO13/c1-3-5-7-9-11-13-15-17-18-19-20-21-22-23-24-25-26-27-28-29-30-31-32-33-34-35-36-37-38-39-40-41-42-43-45-47-49-51-53-55-63(76)72-59(60(75)54-52-50-48-46-44-16-14-12-10-8-6-4-2)58-82-70-68(81)66(79)69(62(57-74)84-70)85-71-67(80)65(78)64(77)61(56-73)83-71/h5,7,10-13,17-18,20-21,44,46,52,54,59-62,64-71,73-75,77-81H,3-4,6,8-9,14-16,19,22-43,45,47-51,53,55-58H2,1-2H3,(H,72,76)/b7-5-,12-10+,13-11-,18-17-,21-20-,46-44+,54-52+. The molecule has 0 aromatic carbocycles. The second-order valence-electron chi connectivity index (χ2n) is 23.9. The molecule has 0 aromatic rings. The number of rotatable bonds is 55. The first-order valence-corrected chi connectivity index (χ1v) is 34.3. The molecule has 2 saturated heterocycles. The summed E-state index contributed by atoms with van der Waals surface area (Å²) in [5.41, 5.74) is 0. The van der Waals surface area contributed by atoms with E-state index in [9.17, 15) is 45.6 Å². The Balaban J connectivity index is 1.55. The summed E-state index contributed by atoms with van der Waals surface area (Å²) in [7, 11) is 0. The van der Waals surface area contributed by atoms with Crippen LogP contribution >= 0.6 is 0 Å². The third-order valence-electron chi connectivity index (χ3n) is 16.3. The number of hydrogen-bond acceptors (Lipinski definition) is 13. The van der Waals surface area contributed by atoms with E-state index in [4.69, 9.17) is 18.9 Å². The number of carbonyl (C=O) groups is 1. The maximum Gasteiger partial charge on any atom is 0.220 e. The second kappa shape index (κ2) is 55.3. The van der Waals surface area contributed by atoms with Crippen molar-refractivity contribution < 1.29 is 64.6 Å². The molecule has 0 radical (unpaired) electrons. The molecule has 492 valence electrons. The van der Waals surface area contributed by atoms with Crippen molar-refractivity contribution in [3.63, 3.8) is 0 Å². The van der Waals surface area contributed by atoms with Crippen LogP contribution in [0.5, 0.6) is 0 Å². The molecule has 2 aliphatic heterocycles. The molecule has 2 aliphatic rings. The quantitative estimate of drug-likeness (QED) is 0.0204. The lowest BCUT2D eigenvalue weighted by Gasteiger charge is -2.46. The minimum absolute atomic E-state index is 0.253. The summed E-state index contributed by atoms with van der Waals surface area (Å²) in [6.45, 7) is 2.61. The third kappa shape index (κ3) is 39.7. The van der Waals surface area contributed by atoms with Crippen molar-refractivity contribution in [2.75, 3.05) is 19.8 Å². The summed E-state index contributed by atoms with van der Waals surface area (Å²) in [6.07, 6.45) is 59.7. The van der Waals surface area contributed by atoms with Gasteiger partial charge in [-0.1, -0.05) is 266 Å². The lowest BCUT2D eigenvalue weighted by molar-refractivity contribution is -0.359. The molecule has 0 aliphatic carbocycles. The van der Waals surface area contributed by atoms with Gasteiger partial charge in [0.1, 0.15) is 48.8 Å². The Bertz CT molecular complexity index is 1750. The van der Waals surface area contributed by atoms with Crippen LogP contribution in [0.2, 0.25) is 0 Å². The van der Waals surface area contributed by atoms with Crippen LogP contribution in [0, 0.1) is 0 Å². The highest BCUT2D eigenvalue weighted by molar-refractivity contribution is 5.76. The summed E-state index contributed by atoms with van der Waals surface area (Å²) >= 11 is 0. The van der Waals surface area contributed by atoms with E-state index in [0.717, 1.165) is 70.6 Å². The van der Waals surface area contributed by atoms with Gasteiger partial charge in [0.15, 0.2) is 12.6 Å². The molecule has 2 heterocycles.